The molecule has 0 radical (unpaired) electrons. The van der Waals surface area contributed by atoms with Gasteiger partial charge in [-0.15, -0.1) is 5.10 Å². The average molecular weight is 216 g/mol. The average Bonchev–Trinajstić information content (AvgIpc) is 2.58. The van der Waals surface area contributed by atoms with Gasteiger partial charge in [0, 0.05) is 0 Å². The van der Waals surface area contributed by atoms with E-state index in [1.807, 2.05) is 31.2 Å². The first-order valence-electron chi connectivity index (χ1n) is 5.35. The molecule has 0 fully saturated rings. The first-order chi connectivity index (χ1) is 7.47. The van der Waals surface area contributed by atoms with Crippen molar-refractivity contribution in [1.82, 2.24) is 15.0 Å². The molecule has 16 heavy (non-hydrogen) atoms. The quantitative estimate of drug-likeness (QED) is 0.501. The molecule has 0 aliphatic carbocycles. The molecule has 1 aromatic carbocycles. The smallest absolute Gasteiger partial charge is 0.124 e. The summed E-state index contributed by atoms with van der Waals surface area (Å²) in [5.41, 5.74) is 1.79. The molecule has 0 bridgehead atoms. The minimum Gasteiger partial charge on any atom is -0.265 e. The van der Waals surface area contributed by atoms with Crippen LogP contribution < -0.4 is 0 Å². The van der Waals surface area contributed by atoms with E-state index in [2.05, 4.69) is 36.1 Å². The lowest BCUT2D eigenvalue weighted by Gasteiger charge is -2.13. The van der Waals surface area contributed by atoms with Gasteiger partial charge in [-0.05, 0) is 39.8 Å². The highest BCUT2D eigenvalue weighted by molar-refractivity contribution is 5.90. The maximum Gasteiger partial charge on any atom is 0.124 e. The van der Waals surface area contributed by atoms with Crippen LogP contribution >= 0.6 is 0 Å². The number of aromatic nitrogens is 3. The van der Waals surface area contributed by atoms with Crippen molar-refractivity contribution in [2.45, 2.75) is 33.2 Å². The molecular weight excluding hydrogens is 200 g/mol. The van der Waals surface area contributed by atoms with E-state index in [-0.39, 0.29) is 5.54 Å². The fraction of sp³-hybridized carbons (Fsp3) is 0.417. The van der Waals surface area contributed by atoms with Crippen molar-refractivity contribution in [3.63, 3.8) is 0 Å². The molecule has 0 aliphatic rings. The van der Waals surface area contributed by atoms with Gasteiger partial charge in [-0.1, -0.05) is 17.3 Å². The Morgan fingerprint density at radius 3 is 2.62 bits per heavy atom. The van der Waals surface area contributed by atoms with E-state index in [1.165, 1.54) is 0 Å². The summed E-state index contributed by atoms with van der Waals surface area (Å²) in [6.07, 6.45) is 0. The summed E-state index contributed by atoms with van der Waals surface area (Å²) in [4.78, 5) is 4.58. The van der Waals surface area contributed by atoms with Crippen molar-refractivity contribution in [1.29, 1.82) is 0 Å². The summed E-state index contributed by atoms with van der Waals surface area (Å²) in [5.74, 6) is 0.862. The number of nitrogens with zero attached hydrogens (tertiary/aromatic N) is 4. The summed E-state index contributed by atoms with van der Waals surface area (Å²) in [5, 5.41) is 8.22. The van der Waals surface area contributed by atoms with Crippen LogP contribution in [0.25, 0.3) is 11.0 Å². The first-order valence-corrected chi connectivity index (χ1v) is 5.35. The Hall–Kier alpha value is -1.71. The van der Waals surface area contributed by atoms with Crippen molar-refractivity contribution < 1.29 is 0 Å². The molecule has 0 N–H and O–H groups in total. The van der Waals surface area contributed by atoms with Crippen molar-refractivity contribution in [2.24, 2.45) is 4.99 Å². The Morgan fingerprint density at radius 1 is 1.25 bits per heavy atom. The van der Waals surface area contributed by atoms with Crippen LogP contribution in [0.15, 0.2) is 29.3 Å². The van der Waals surface area contributed by atoms with Crippen molar-refractivity contribution in [3.05, 3.63) is 24.3 Å². The second-order valence-electron chi connectivity index (χ2n) is 4.82. The lowest BCUT2D eigenvalue weighted by molar-refractivity contribution is 0.578. The lowest BCUT2D eigenvalue weighted by atomic mass is 10.1. The molecule has 0 saturated heterocycles. The number of rotatable bonds is 0. The number of para-hydroxylation sites is 1. The zero-order chi connectivity index (χ0) is 11.8. The van der Waals surface area contributed by atoms with Crippen LogP contribution in [-0.2, 0) is 0 Å². The largest absolute Gasteiger partial charge is 0.265 e. The summed E-state index contributed by atoms with van der Waals surface area (Å²) in [7, 11) is 0. The molecule has 0 amide bonds. The molecule has 1 aromatic heterocycles. The van der Waals surface area contributed by atoms with Crippen molar-refractivity contribution in [3.8, 4) is 0 Å². The number of hydrogen-bond donors (Lipinski definition) is 0. The second kappa shape index (κ2) is 3.70. The van der Waals surface area contributed by atoms with E-state index >= 15 is 0 Å². The Balaban J connectivity index is 2.52. The van der Waals surface area contributed by atoms with Crippen molar-refractivity contribution >= 4 is 16.9 Å². The van der Waals surface area contributed by atoms with Crippen LogP contribution in [-0.4, -0.2) is 26.4 Å². The molecule has 2 rings (SSSR count). The standard InChI is InChI=1S/C12H16N4/c1-9(13-12(2,3)4)16-11-8-6-5-7-10(11)14-15-16/h5-8H,1-4H3. The minimum absolute atomic E-state index is 0.100. The third-order valence-electron chi connectivity index (χ3n) is 2.16. The number of benzene rings is 1. The number of hydrogen-bond acceptors (Lipinski definition) is 3. The van der Waals surface area contributed by atoms with Crippen LogP contribution in [0.5, 0.6) is 0 Å². The van der Waals surface area contributed by atoms with Gasteiger partial charge in [0.05, 0.1) is 11.1 Å². The van der Waals surface area contributed by atoms with E-state index in [0.717, 1.165) is 16.9 Å². The van der Waals surface area contributed by atoms with Crippen LogP contribution in [0.3, 0.4) is 0 Å². The van der Waals surface area contributed by atoms with Gasteiger partial charge in [0.25, 0.3) is 0 Å². The molecule has 0 spiro atoms. The van der Waals surface area contributed by atoms with Gasteiger partial charge < -0.3 is 0 Å². The Bertz CT molecular complexity index is 531. The minimum atomic E-state index is -0.100. The molecule has 1 heterocycles. The third-order valence-corrected chi connectivity index (χ3v) is 2.16. The lowest BCUT2D eigenvalue weighted by Crippen LogP contribution is -2.18. The fourth-order valence-corrected chi connectivity index (χ4v) is 1.64. The zero-order valence-corrected chi connectivity index (χ0v) is 10.1. The van der Waals surface area contributed by atoms with Crippen LogP contribution in [0.2, 0.25) is 0 Å². The molecule has 0 saturated carbocycles. The van der Waals surface area contributed by atoms with Crippen molar-refractivity contribution in [2.75, 3.05) is 0 Å². The predicted molar refractivity (Wildman–Crippen MR) is 65.8 cm³/mol. The van der Waals surface area contributed by atoms with Gasteiger partial charge in [0.1, 0.15) is 11.4 Å². The maximum atomic E-state index is 4.58. The molecule has 4 heteroatoms. The first kappa shape index (κ1) is 10.8. The number of aliphatic imine (C=N–C) groups is 1. The highest BCUT2D eigenvalue weighted by Gasteiger charge is 2.11. The summed E-state index contributed by atoms with van der Waals surface area (Å²) in [6.45, 7) is 8.15. The number of fused-ring (bicyclic) bond motifs is 1. The van der Waals surface area contributed by atoms with Crippen LogP contribution in [0, 0.1) is 0 Å². The normalized spacial score (nSPS) is 13.4. The molecular formula is C12H16N4. The third kappa shape index (κ3) is 2.10. The highest BCUT2D eigenvalue weighted by atomic mass is 15.4. The summed E-state index contributed by atoms with van der Waals surface area (Å²) < 4.78 is 1.78. The van der Waals surface area contributed by atoms with E-state index in [9.17, 15) is 0 Å². The SMILES string of the molecule is CC(=NC(C)(C)C)n1nnc2ccccc21. The molecule has 0 unspecified atom stereocenters. The van der Waals surface area contributed by atoms with E-state index in [1.54, 1.807) is 4.68 Å². The Morgan fingerprint density at radius 2 is 1.94 bits per heavy atom. The molecule has 84 valence electrons. The van der Waals surface area contributed by atoms with E-state index in [4.69, 9.17) is 0 Å². The molecule has 0 atom stereocenters. The van der Waals surface area contributed by atoms with Gasteiger partial charge in [-0.2, -0.15) is 4.68 Å². The van der Waals surface area contributed by atoms with Crippen LogP contribution in [0.1, 0.15) is 27.7 Å². The highest BCUT2D eigenvalue weighted by Crippen LogP contribution is 2.12. The maximum absolute atomic E-state index is 4.58. The molecule has 2 aromatic rings. The predicted octanol–water partition coefficient (Wildman–Crippen LogP) is 2.50. The van der Waals surface area contributed by atoms with Gasteiger partial charge in [0.2, 0.25) is 0 Å². The fourth-order valence-electron chi connectivity index (χ4n) is 1.64. The summed E-state index contributed by atoms with van der Waals surface area (Å²) in [6, 6.07) is 7.88. The monoisotopic (exact) mass is 216 g/mol. The van der Waals surface area contributed by atoms with Gasteiger partial charge in [-0.3, -0.25) is 4.99 Å². The summed E-state index contributed by atoms with van der Waals surface area (Å²) >= 11 is 0. The molecule has 0 aliphatic heterocycles. The van der Waals surface area contributed by atoms with E-state index in [0.29, 0.717) is 0 Å². The topological polar surface area (TPSA) is 43.1 Å². The zero-order valence-electron chi connectivity index (χ0n) is 10.1. The second-order valence-corrected chi connectivity index (χ2v) is 4.82. The Labute approximate surface area is 95.0 Å². The van der Waals surface area contributed by atoms with Crippen LogP contribution in [0.4, 0.5) is 0 Å². The van der Waals surface area contributed by atoms with E-state index < -0.39 is 0 Å². The van der Waals surface area contributed by atoms with Gasteiger partial charge in [0.15, 0.2) is 0 Å². The van der Waals surface area contributed by atoms with Gasteiger partial charge >= 0.3 is 0 Å². The molecule has 4 nitrogen and oxygen atoms in total. The van der Waals surface area contributed by atoms with Gasteiger partial charge in [-0.25, -0.2) is 0 Å². The Kier molecular flexibility index (Phi) is 2.50.